The van der Waals surface area contributed by atoms with Gasteiger partial charge < -0.3 is 9.67 Å². The van der Waals surface area contributed by atoms with E-state index in [0.29, 0.717) is 6.54 Å². The highest BCUT2D eigenvalue weighted by Crippen LogP contribution is 2.26. The van der Waals surface area contributed by atoms with Gasteiger partial charge in [0.05, 0.1) is 18.0 Å². The van der Waals surface area contributed by atoms with Crippen molar-refractivity contribution in [2.75, 3.05) is 6.61 Å². The Labute approximate surface area is 168 Å². The Balaban J connectivity index is 1.74. The zero-order valence-corrected chi connectivity index (χ0v) is 16.6. The molecule has 28 heavy (non-hydrogen) atoms. The number of nitrogens with zero attached hydrogens (tertiary/aromatic N) is 2. The van der Waals surface area contributed by atoms with E-state index in [9.17, 15) is 5.11 Å². The van der Waals surface area contributed by atoms with E-state index in [1.165, 1.54) is 11.1 Å². The summed E-state index contributed by atoms with van der Waals surface area (Å²) >= 11 is 1.60. The first-order valence-electron chi connectivity index (χ1n) is 9.31. The van der Waals surface area contributed by atoms with Gasteiger partial charge in [0.25, 0.3) is 0 Å². The van der Waals surface area contributed by atoms with Crippen molar-refractivity contribution in [2.24, 2.45) is 4.99 Å². The second-order valence-electron chi connectivity index (χ2n) is 6.62. The number of benzene rings is 3. The fourth-order valence-corrected chi connectivity index (χ4v) is 4.17. The van der Waals surface area contributed by atoms with Crippen molar-refractivity contribution in [3.63, 3.8) is 0 Å². The first-order valence-corrected chi connectivity index (χ1v) is 10.2. The molecule has 0 unspecified atom stereocenters. The first kappa shape index (κ1) is 18.4. The maximum absolute atomic E-state index is 9.59. The molecule has 3 aromatic carbocycles. The number of rotatable bonds is 5. The lowest BCUT2D eigenvalue weighted by Gasteiger charge is -2.09. The molecule has 0 spiro atoms. The molecule has 0 aliphatic rings. The number of aliphatic hydroxyl groups is 1. The standard InChI is InChI=1S/C24H22N2OS/c1-18-7-5-6-10-22(18)25-24-26(15-16-27)23(17-28-24)21-13-11-20(12-14-21)19-8-3-2-4-9-19/h2-14,17,27H,15-16H2,1H3. The van der Waals surface area contributed by atoms with Crippen molar-refractivity contribution >= 4 is 17.0 Å². The summed E-state index contributed by atoms with van der Waals surface area (Å²) in [6.07, 6.45) is 0. The molecular formula is C24H22N2OS. The van der Waals surface area contributed by atoms with E-state index in [2.05, 4.69) is 71.5 Å². The molecule has 1 aromatic heterocycles. The molecule has 1 N–H and O–H groups in total. The van der Waals surface area contributed by atoms with Gasteiger partial charge in [-0.2, -0.15) is 0 Å². The highest BCUT2D eigenvalue weighted by molar-refractivity contribution is 7.07. The van der Waals surface area contributed by atoms with Gasteiger partial charge >= 0.3 is 0 Å². The van der Waals surface area contributed by atoms with Crippen molar-refractivity contribution in [3.8, 4) is 22.4 Å². The van der Waals surface area contributed by atoms with Crippen LogP contribution in [0.3, 0.4) is 0 Å². The largest absolute Gasteiger partial charge is 0.395 e. The van der Waals surface area contributed by atoms with Gasteiger partial charge in [0.1, 0.15) is 0 Å². The second kappa shape index (κ2) is 8.38. The molecule has 1 heterocycles. The van der Waals surface area contributed by atoms with Crippen LogP contribution >= 0.6 is 11.3 Å². The van der Waals surface area contributed by atoms with Gasteiger partial charge in [0, 0.05) is 11.9 Å². The Morgan fingerprint density at radius 2 is 1.46 bits per heavy atom. The summed E-state index contributed by atoms with van der Waals surface area (Å²) < 4.78 is 2.09. The third kappa shape index (κ3) is 3.84. The summed E-state index contributed by atoms with van der Waals surface area (Å²) in [5.74, 6) is 0. The molecule has 4 heteroatoms. The van der Waals surface area contributed by atoms with Crippen LogP contribution in [0.15, 0.2) is 89.2 Å². The minimum atomic E-state index is 0.0762. The van der Waals surface area contributed by atoms with Gasteiger partial charge in [0.2, 0.25) is 0 Å². The van der Waals surface area contributed by atoms with Gasteiger partial charge in [-0.05, 0) is 35.2 Å². The molecule has 0 bridgehead atoms. The van der Waals surface area contributed by atoms with Crippen molar-refractivity contribution < 1.29 is 5.11 Å². The Morgan fingerprint density at radius 1 is 0.821 bits per heavy atom. The molecule has 0 atom stereocenters. The van der Waals surface area contributed by atoms with Crippen LogP contribution in [0, 0.1) is 6.92 Å². The molecule has 4 rings (SSSR count). The lowest BCUT2D eigenvalue weighted by atomic mass is 10.0. The zero-order valence-electron chi connectivity index (χ0n) is 15.7. The number of hydrogen-bond donors (Lipinski definition) is 1. The molecule has 0 aliphatic carbocycles. The molecule has 140 valence electrons. The quantitative estimate of drug-likeness (QED) is 0.489. The maximum Gasteiger partial charge on any atom is 0.190 e. The number of hydrogen-bond acceptors (Lipinski definition) is 3. The SMILES string of the molecule is Cc1ccccc1N=c1scc(-c2ccc(-c3ccccc3)cc2)n1CCO. The van der Waals surface area contributed by atoms with Crippen molar-refractivity contribution in [1.29, 1.82) is 0 Å². The topological polar surface area (TPSA) is 37.5 Å². The number of thiazole rings is 1. The van der Waals surface area contributed by atoms with Gasteiger partial charge in [-0.3, -0.25) is 0 Å². The average molecular weight is 387 g/mol. The van der Waals surface area contributed by atoms with E-state index in [1.54, 1.807) is 11.3 Å². The van der Waals surface area contributed by atoms with E-state index < -0.39 is 0 Å². The first-order chi connectivity index (χ1) is 13.8. The van der Waals surface area contributed by atoms with Gasteiger partial charge in [-0.15, -0.1) is 11.3 Å². The summed E-state index contributed by atoms with van der Waals surface area (Å²) in [6, 6.07) is 27.0. The van der Waals surface area contributed by atoms with E-state index in [1.807, 2.05) is 24.3 Å². The predicted molar refractivity (Wildman–Crippen MR) is 117 cm³/mol. The Morgan fingerprint density at radius 3 is 2.18 bits per heavy atom. The Bertz CT molecular complexity index is 1130. The summed E-state index contributed by atoms with van der Waals surface area (Å²) in [4.78, 5) is 5.73. The highest BCUT2D eigenvalue weighted by Gasteiger charge is 2.09. The molecule has 0 aliphatic heterocycles. The van der Waals surface area contributed by atoms with Crippen molar-refractivity contribution in [3.05, 3.63) is 94.6 Å². The normalized spacial score (nSPS) is 11.7. The minimum absolute atomic E-state index is 0.0762. The molecule has 0 saturated carbocycles. The number of aliphatic hydroxyl groups excluding tert-OH is 1. The number of aryl methyl sites for hydroxylation is 1. The average Bonchev–Trinajstić information content (AvgIpc) is 3.13. The van der Waals surface area contributed by atoms with Crippen LogP contribution in [-0.2, 0) is 6.54 Å². The van der Waals surface area contributed by atoms with Crippen LogP contribution < -0.4 is 4.80 Å². The fraction of sp³-hybridized carbons (Fsp3) is 0.125. The Hall–Kier alpha value is -2.95. The van der Waals surface area contributed by atoms with Gasteiger partial charge in [-0.25, -0.2) is 4.99 Å². The van der Waals surface area contributed by atoms with E-state index >= 15 is 0 Å². The van der Waals surface area contributed by atoms with E-state index in [0.717, 1.165) is 27.3 Å². The van der Waals surface area contributed by atoms with Gasteiger partial charge in [-0.1, -0.05) is 72.8 Å². The second-order valence-corrected chi connectivity index (χ2v) is 7.46. The Kier molecular flexibility index (Phi) is 5.51. The van der Waals surface area contributed by atoms with Crippen molar-refractivity contribution in [2.45, 2.75) is 13.5 Å². The minimum Gasteiger partial charge on any atom is -0.395 e. The summed E-state index contributed by atoms with van der Waals surface area (Å²) in [7, 11) is 0. The third-order valence-corrected chi connectivity index (χ3v) is 5.60. The summed E-state index contributed by atoms with van der Waals surface area (Å²) in [5.41, 5.74) is 6.69. The summed E-state index contributed by atoms with van der Waals surface area (Å²) in [6.45, 7) is 2.66. The van der Waals surface area contributed by atoms with Crippen LogP contribution in [0.5, 0.6) is 0 Å². The maximum atomic E-state index is 9.59. The van der Waals surface area contributed by atoms with E-state index in [-0.39, 0.29) is 6.61 Å². The molecule has 3 nitrogen and oxygen atoms in total. The van der Waals surface area contributed by atoms with E-state index in [4.69, 9.17) is 4.99 Å². The number of para-hydroxylation sites is 1. The molecule has 0 saturated heterocycles. The molecule has 4 aromatic rings. The molecule has 0 radical (unpaired) electrons. The highest BCUT2D eigenvalue weighted by atomic mass is 32.1. The summed E-state index contributed by atoms with van der Waals surface area (Å²) in [5, 5.41) is 11.7. The fourth-order valence-electron chi connectivity index (χ4n) is 3.22. The third-order valence-electron chi connectivity index (χ3n) is 4.74. The lowest BCUT2D eigenvalue weighted by Crippen LogP contribution is -2.18. The smallest absolute Gasteiger partial charge is 0.190 e. The van der Waals surface area contributed by atoms with Crippen molar-refractivity contribution in [1.82, 2.24) is 4.57 Å². The van der Waals surface area contributed by atoms with Crippen LogP contribution in [-0.4, -0.2) is 16.3 Å². The predicted octanol–water partition coefficient (Wildman–Crippen LogP) is 5.42. The monoisotopic (exact) mass is 386 g/mol. The lowest BCUT2D eigenvalue weighted by molar-refractivity contribution is 0.275. The molecular weight excluding hydrogens is 364 g/mol. The van der Waals surface area contributed by atoms with Crippen LogP contribution in [0.1, 0.15) is 5.56 Å². The van der Waals surface area contributed by atoms with Crippen LogP contribution in [0.4, 0.5) is 5.69 Å². The zero-order chi connectivity index (χ0) is 19.3. The van der Waals surface area contributed by atoms with Gasteiger partial charge in [0.15, 0.2) is 4.80 Å². The number of aromatic nitrogens is 1. The molecule has 0 fully saturated rings. The van der Waals surface area contributed by atoms with Crippen LogP contribution in [0.2, 0.25) is 0 Å². The molecule has 0 amide bonds. The van der Waals surface area contributed by atoms with Crippen LogP contribution in [0.25, 0.3) is 22.4 Å².